The van der Waals surface area contributed by atoms with Crippen LogP contribution in [0.1, 0.15) is 93.3 Å². The molecule has 3 amide bonds. The van der Waals surface area contributed by atoms with Crippen molar-refractivity contribution in [2.75, 3.05) is 44.2 Å². The van der Waals surface area contributed by atoms with Gasteiger partial charge >= 0.3 is 0 Å². The van der Waals surface area contributed by atoms with Gasteiger partial charge in [-0.3, -0.25) is 24.2 Å². The number of allylic oxidation sites excluding steroid dienone is 1. The standard InChI is InChI=1S/C45H47FN4O5/c1-29-8-19-41(43(52)47-29)50-44(53)39-17-14-34(28-40(39)45(50)54)49-23-21-48(22-24-49)20-3-2-4-25-55-36-7-5-6-32(27-36)42-37(30-9-12-33(46)13-10-30)16-11-31-26-35(51)15-18-38(31)42/h5-7,9-10,12-15,17-18,26-28,37,41-42,51H,1-4,8,11,16,19-25H2,(H,47,52)/t37-,41?,42+/m1/s1. The molecule has 0 bridgehead atoms. The molecule has 10 heteroatoms. The molecule has 0 aromatic heterocycles. The third kappa shape index (κ3) is 7.60. The van der Waals surface area contributed by atoms with E-state index < -0.39 is 17.9 Å². The van der Waals surface area contributed by atoms with E-state index in [1.807, 2.05) is 48.5 Å². The van der Waals surface area contributed by atoms with Crippen molar-refractivity contribution >= 4 is 23.4 Å². The summed E-state index contributed by atoms with van der Waals surface area (Å²) in [6.45, 7) is 8.91. The zero-order valence-corrected chi connectivity index (χ0v) is 31.0. The van der Waals surface area contributed by atoms with E-state index in [9.17, 15) is 23.9 Å². The largest absolute Gasteiger partial charge is 0.508 e. The molecule has 3 aliphatic heterocycles. The van der Waals surface area contributed by atoms with Gasteiger partial charge in [-0.1, -0.05) is 36.9 Å². The van der Waals surface area contributed by atoms with Crippen LogP contribution in [0.2, 0.25) is 0 Å². The van der Waals surface area contributed by atoms with Crippen LogP contribution >= 0.6 is 0 Å². The van der Waals surface area contributed by atoms with Crippen LogP contribution in [0.25, 0.3) is 0 Å². The summed E-state index contributed by atoms with van der Waals surface area (Å²) in [5.41, 5.74) is 6.86. The van der Waals surface area contributed by atoms with E-state index in [2.05, 4.69) is 33.8 Å². The molecule has 0 spiro atoms. The number of amides is 3. The van der Waals surface area contributed by atoms with E-state index >= 15 is 0 Å². The van der Waals surface area contributed by atoms with Crippen molar-refractivity contribution in [1.82, 2.24) is 15.1 Å². The molecule has 3 atom stereocenters. The van der Waals surface area contributed by atoms with Gasteiger partial charge in [0.2, 0.25) is 5.91 Å². The molecule has 4 aromatic rings. The van der Waals surface area contributed by atoms with Gasteiger partial charge in [-0.2, -0.15) is 0 Å². The molecule has 8 rings (SSSR count). The zero-order chi connectivity index (χ0) is 38.1. The highest BCUT2D eigenvalue weighted by Gasteiger charge is 2.44. The Kier molecular flexibility index (Phi) is 10.4. The first-order chi connectivity index (χ1) is 26.7. The number of phenolic OH excluding ortho intramolecular Hbond substituents is 1. The van der Waals surface area contributed by atoms with Crippen molar-refractivity contribution in [3.05, 3.63) is 136 Å². The average Bonchev–Trinajstić information content (AvgIpc) is 3.44. The lowest BCUT2D eigenvalue weighted by atomic mass is 9.69. The topological polar surface area (TPSA) is 102 Å². The molecule has 2 saturated heterocycles. The van der Waals surface area contributed by atoms with E-state index in [0.717, 1.165) is 97.9 Å². The molecule has 9 nitrogen and oxygen atoms in total. The van der Waals surface area contributed by atoms with Crippen molar-refractivity contribution in [3.63, 3.8) is 0 Å². The maximum atomic E-state index is 13.8. The van der Waals surface area contributed by atoms with Gasteiger partial charge < -0.3 is 20.1 Å². The minimum Gasteiger partial charge on any atom is -0.508 e. The van der Waals surface area contributed by atoms with Crippen LogP contribution in [-0.4, -0.2) is 78.0 Å². The number of carbonyl (C=O) groups excluding carboxylic acids is 3. The van der Waals surface area contributed by atoms with Crippen molar-refractivity contribution in [2.45, 2.75) is 62.8 Å². The smallest absolute Gasteiger partial charge is 0.262 e. The fraction of sp³-hybridized carbons (Fsp3) is 0.356. The number of unbranched alkanes of at least 4 members (excludes halogenated alkanes) is 2. The molecule has 0 saturated carbocycles. The van der Waals surface area contributed by atoms with Crippen LogP contribution in [0.15, 0.2) is 97.2 Å². The summed E-state index contributed by atoms with van der Waals surface area (Å²) in [7, 11) is 0. The Morgan fingerprint density at radius 3 is 2.40 bits per heavy atom. The van der Waals surface area contributed by atoms with Crippen LogP contribution in [0.5, 0.6) is 11.5 Å². The lowest BCUT2D eigenvalue weighted by molar-refractivity contribution is -0.125. The number of piperazine rings is 1. The van der Waals surface area contributed by atoms with Crippen molar-refractivity contribution in [1.29, 1.82) is 0 Å². The predicted molar refractivity (Wildman–Crippen MR) is 209 cm³/mol. The average molecular weight is 743 g/mol. The molecular formula is C45H47FN4O5. The number of imide groups is 1. The van der Waals surface area contributed by atoms with E-state index in [4.69, 9.17) is 4.74 Å². The number of nitrogens with one attached hydrogen (secondary N) is 1. The van der Waals surface area contributed by atoms with E-state index in [1.165, 1.54) is 17.7 Å². The molecule has 1 aliphatic carbocycles. The summed E-state index contributed by atoms with van der Waals surface area (Å²) >= 11 is 0. The van der Waals surface area contributed by atoms with Gasteiger partial charge in [-0.15, -0.1) is 0 Å². The second-order valence-electron chi connectivity index (χ2n) is 15.2. The number of benzene rings is 4. The van der Waals surface area contributed by atoms with Crippen LogP contribution in [0, 0.1) is 5.82 Å². The number of aromatic hydroxyl groups is 1. The Morgan fingerprint density at radius 1 is 0.800 bits per heavy atom. The summed E-state index contributed by atoms with van der Waals surface area (Å²) in [6.07, 6.45) is 5.76. The van der Waals surface area contributed by atoms with Gasteiger partial charge in [0.25, 0.3) is 11.8 Å². The monoisotopic (exact) mass is 742 g/mol. The number of carbonyl (C=O) groups is 3. The van der Waals surface area contributed by atoms with Crippen LogP contribution < -0.4 is 15.0 Å². The van der Waals surface area contributed by atoms with Crippen molar-refractivity contribution in [2.24, 2.45) is 0 Å². The minimum atomic E-state index is -0.812. The Morgan fingerprint density at radius 2 is 1.60 bits per heavy atom. The molecule has 3 heterocycles. The quantitative estimate of drug-likeness (QED) is 0.124. The number of hydrogen-bond acceptors (Lipinski definition) is 7. The molecule has 1 unspecified atom stereocenters. The number of nitrogens with zero attached hydrogens (tertiary/aromatic N) is 3. The number of fused-ring (bicyclic) bond motifs is 2. The summed E-state index contributed by atoms with van der Waals surface area (Å²) in [4.78, 5) is 44.9. The van der Waals surface area contributed by atoms with E-state index in [0.29, 0.717) is 36.3 Å². The molecule has 2 N–H and O–H groups in total. The van der Waals surface area contributed by atoms with Gasteiger partial charge in [-0.25, -0.2) is 4.39 Å². The third-order valence-electron chi connectivity index (χ3n) is 11.8. The Balaban J connectivity index is 0.806. The Bertz CT molecular complexity index is 2110. The first kappa shape index (κ1) is 36.5. The van der Waals surface area contributed by atoms with Crippen molar-refractivity contribution in [3.8, 4) is 11.5 Å². The SMILES string of the molecule is C=C1CCC(N2C(=O)c3ccc(N4CCN(CCCCCOc5cccc([C@@H]6c7ccc(O)cc7CC[C@@H]6c6ccc(F)cc6)c5)CC4)cc3C2=O)C(=O)N1. The minimum absolute atomic E-state index is 0.0658. The highest BCUT2D eigenvalue weighted by molar-refractivity contribution is 6.23. The number of anilines is 1. The van der Waals surface area contributed by atoms with Crippen molar-refractivity contribution < 1.29 is 28.6 Å². The lowest BCUT2D eigenvalue weighted by Gasteiger charge is -2.36. The first-order valence-corrected chi connectivity index (χ1v) is 19.5. The van der Waals surface area contributed by atoms with Crippen LogP contribution in [0.3, 0.4) is 0 Å². The van der Waals surface area contributed by atoms with Gasteiger partial charge in [0.05, 0.1) is 17.7 Å². The van der Waals surface area contributed by atoms with Gasteiger partial charge in [-0.05, 0) is 134 Å². The fourth-order valence-corrected chi connectivity index (χ4v) is 8.85. The second kappa shape index (κ2) is 15.7. The highest BCUT2D eigenvalue weighted by Crippen LogP contribution is 2.47. The maximum absolute atomic E-state index is 13.8. The Hall–Kier alpha value is -5.48. The molecule has 0 radical (unpaired) electrons. The molecule has 4 aromatic carbocycles. The van der Waals surface area contributed by atoms with Gasteiger partial charge in [0.1, 0.15) is 23.4 Å². The predicted octanol–water partition coefficient (Wildman–Crippen LogP) is 7.15. The molecule has 55 heavy (non-hydrogen) atoms. The normalized spacial score (nSPS) is 21.4. The molecule has 284 valence electrons. The first-order valence-electron chi connectivity index (χ1n) is 19.5. The number of hydrogen-bond donors (Lipinski definition) is 2. The second-order valence-corrected chi connectivity index (χ2v) is 15.2. The summed E-state index contributed by atoms with van der Waals surface area (Å²) in [6, 6.07) is 25.5. The third-order valence-corrected chi connectivity index (χ3v) is 11.8. The van der Waals surface area contributed by atoms with Gasteiger partial charge in [0, 0.05) is 43.5 Å². The molecular weight excluding hydrogens is 696 g/mol. The fourth-order valence-electron chi connectivity index (χ4n) is 8.85. The van der Waals surface area contributed by atoms with Crippen LogP contribution in [-0.2, 0) is 11.2 Å². The lowest BCUT2D eigenvalue weighted by Crippen LogP contribution is -2.51. The zero-order valence-electron chi connectivity index (χ0n) is 31.0. The van der Waals surface area contributed by atoms with Gasteiger partial charge in [0.15, 0.2) is 0 Å². The van der Waals surface area contributed by atoms with E-state index in [1.54, 1.807) is 12.1 Å². The van der Waals surface area contributed by atoms with Crippen LogP contribution in [0.4, 0.5) is 10.1 Å². The number of piperidine rings is 1. The summed E-state index contributed by atoms with van der Waals surface area (Å²) in [5.74, 6) is -0.0429. The summed E-state index contributed by atoms with van der Waals surface area (Å²) < 4.78 is 20.1. The van der Waals surface area contributed by atoms with E-state index in [-0.39, 0.29) is 29.3 Å². The maximum Gasteiger partial charge on any atom is 0.262 e. The Labute approximate surface area is 321 Å². The number of ether oxygens (including phenoxy) is 1. The molecule has 4 aliphatic rings. The highest BCUT2D eigenvalue weighted by atomic mass is 19.1. The number of halogens is 1. The number of aryl methyl sites for hydroxylation is 1. The number of rotatable bonds is 11. The summed E-state index contributed by atoms with van der Waals surface area (Å²) in [5, 5.41) is 12.9. The number of phenols is 1. The molecule has 2 fully saturated rings.